The Hall–Kier alpha value is -1.02. The Morgan fingerprint density at radius 1 is 0.727 bits per heavy atom. The molecular weight excluding hydrogens is 402 g/mol. The van der Waals surface area contributed by atoms with Gasteiger partial charge in [-0.1, -0.05) is 0 Å². The van der Waals surface area contributed by atoms with E-state index in [1.165, 1.54) is 31.2 Å². The molecule has 2 nitrogen and oxygen atoms in total. The molecule has 4 heteroatoms. The maximum absolute atomic E-state index is 9.79. The van der Waals surface area contributed by atoms with Gasteiger partial charge in [0.25, 0.3) is 0 Å². The average Bonchev–Trinajstić information content (AvgIpc) is 2.83. The first-order valence-corrected chi connectivity index (χ1v) is 10.7. The van der Waals surface area contributed by atoms with Crippen molar-refractivity contribution in [1.29, 1.82) is 10.5 Å². The Morgan fingerprint density at radius 3 is 1.32 bits per heavy atom. The summed E-state index contributed by atoms with van der Waals surface area (Å²) >= 11 is 0.671. The summed E-state index contributed by atoms with van der Waals surface area (Å²) in [6.07, 6.45) is 0. The van der Waals surface area contributed by atoms with Gasteiger partial charge in [0.15, 0.2) is 0 Å². The second kappa shape index (κ2) is 4.74. The number of hydrogen-bond acceptors (Lipinski definition) is 2. The van der Waals surface area contributed by atoms with Crippen LogP contribution in [0.25, 0.3) is 0 Å². The Bertz CT molecular complexity index is 756. The van der Waals surface area contributed by atoms with Crippen LogP contribution in [0.3, 0.4) is 0 Å². The van der Waals surface area contributed by atoms with Gasteiger partial charge in [0, 0.05) is 0 Å². The molecule has 0 radical (unpaired) electrons. The van der Waals surface area contributed by atoms with Gasteiger partial charge in [-0.05, 0) is 0 Å². The van der Waals surface area contributed by atoms with Crippen LogP contribution in [0.1, 0.15) is 41.5 Å². The van der Waals surface area contributed by atoms with Crippen LogP contribution < -0.4 is 0 Å². The van der Waals surface area contributed by atoms with Gasteiger partial charge < -0.3 is 0 Å². The van der Waals surface area contributed by atoms with Crippen LogP contribution in [-0.2, 0) is 0 Å². The van der Waals surface area contributed by atoms with E-state index in [1.54, 1.807) is 0 Å². The van der Waals surface area contributed by atoms with Crippen LogP contribution in [0.4, 0.5) is 0 Å². The summed E-state index contributed by atoms with van der Waals surface area (Å²) in [5, 5.41) is 19.6. The van der Waals surface area contributed by atoms with E-state index in [9.17, 15) is 10.5 Å². The zero-order valence-corrected chi connectivity index (χ0v) is 17.1. The SMILES string of the molecule is CC1=C(C)C2=C(C#N)C(C#N)=C3C(C)=C(C)[Se]C3(C)C2(C)[Se]1. The molecule has 3 rings (SSSR count). The first-order chi connectivity index (χ1) is 10.2. The van der Waals surface area contributed by atoms with Crippen LogP contribution >= 0.6 is 0 Å². The summed E-state index contributed by atoms with van der Waals surface area (Å²) < 4.78 is 2.87. The maximum atomic E-state index is 9.79. The molecule has 0 amide bonds. The summed E-state index contributed by atoms with van der Waals surface area (Å²) in [6, 6.07) is 4.75. The number of nitriles is 2. The van der Waals surface area contributed by atoms with Gasteiger partial charge in [0.1, 0.15) is 0 Å². The van der Waals surface area contributed by atoms with Crippen molar-refractivity contribution in [2.45, 2.75) is 50.2 Å². The van der Waals surface area contributed by atoms with E-state index in [0.717, 1.165) is 0 Å². The number of hydrogen-bond donors (Lipinski definition) is 0. The van der Waals surface area contributed by atoms with E-state index in [1.807, 2.05) is 0 Å². The van der Waals surface area contributed by atoms with E-state index in [0.29, 0.717) is 41.1 Å². The molecule has 0 aromatic carbocycles. The molecule has 112 valence electrons. The molecule has 22 heavy (non-hydrogen) atoms. The fraction of sp³-hybridized carbons (Fsp3) is 0.444. The molecule has 0 saturated heterocycles. The monoisotopic (exact) mass is 422 g/mol. The molecule has 0 saturated carbocycles. The van der Waals surface area contributed by atoms with Crippen molar-refractivity contribution in [3.8, 4) is 12.1 Å². The van der Waals surface area contributed by atoms with Crippen LogP contribution in [0.2, 0.25) is 8.63 Å². The van der Waals surface area contributed by atoms with Crippen molar-refractivity contribution in [3.63, 3.8) is 0 Å². The van der Waals surface area contributed by atoms with Crippen LogP contribution in [-0.4, -0.2) is 29.9 Å². The average molecular weight is 420 g/mol. The zero-order valence-electron chi connectivity index (χ0n) is 13.7. The van der Waals surface area contributed by atoms with Gasteiger partial charge in [-0.25, -0.2) is 0 Å². The summed E-state index contributed by atoms with van der Waals surface area (Å²) in [6.45, 7) is 13.3. The second-order valence-corrected chi connectivity index (χ2v) is 13.2. The van der Waals surface area contributed by atoms with Gasteiger partial charge in [-0.2, -0.15) is 0 Å². The molecule has 0 bridgehead atoms. The van der Waals surface area contributed by atoms with E-state index in [2.05, 4.69) is 53.7 Å². The second-order valence-electron chi connectivity index (χ2n) is 6.36. The fourth-order valence-corrected chi connectivity index (χ4v) is 11.2. The van der Waals surface area contributed by atoms with Gasteiger partial charge in [0.2, 0.25) is 0 Å². The predicted molar refractivity (Wildman–Crippen MR) is 90.3 cm³/mol. The molecule has 0 spiro atoms. The first-order valence-electron chi connectivity index (χ1n) is 7.26. The molecule has 2 atom stereocenters. The quantitative estimate of drug-likeness (QED) is 0.556. The molecule has 3 aliphatic rings. The minimum atomic E-state index is 0.00787. The number of fused-ring (bicyclic) bond motifs is 3. The van der Waals surface area contributed by atoms with Crippen LogP contribution in [0.15, 0.2) is 42.4 Å². The molecule has 2 heterocycles. The molecular formula is C18H18N2Se2. The summed E-state index contributed by atoms with van der Waals surface area (Å²) in [5.41, 5.74) is 6.12. The summed E-state index contributed by atoms with van der Waals surface area (Å²) in [4.78, 5) is 0. The fourth-order valence-electron chi connectivity index (χ4n) is 3.93. The molecule has 0 aromatic heterocycles. The minimum absolute atomic E-state index is 0.00787. The van der Waals surface area contributed by atoms with E-state index < -0.39 is 0 Å². The van der Waals surface area contributed by atoms with Gasteiger partial charge in [-0.3, -0.25) is 0 Å². The summed E-state index contributed by atoms with van der Waals surface area (Å²) in [7, 11) is 0. The van der Waals surface area contributed by atoms with Crippen molar-refractivity contribution in [1.82, 2.24) is 0 Å². The van der Waals surface area contributed by atoms with Crippen molar-refractivity contribution < 1.29 is 0 Å². The third-order valence-corrected chi connectivity index (χ3v) is 12.9. The van der Waals surface area contributed by atoms with Crippen LogP contribution in [0, 0.1) is 22.7 Å². The number of nitrogens with zero attached hydrogens (tertiary/aromatic N) is 2. The van der Waals surface area contributed by atoms with Crippen molar-refractivity contribution >= 4 is 29.9 Å². The van der Waals surface area contributed by atoms with Gasteiger partial charge in [0.05, 0.1) is 0 Å². The molecule has 2 aliphatic heterocycles. The van der Waals surface area contributed by atoms with E-state index in [4.69, 9.17) is 0 Å². The third-order valence-electron chi connectivity index (χ3n) is 5.36. The van der Waals surface area contributed by atoms with E-state index >= 15 is 0 Å². The van der Waals surface area contributed by atoms with Crippen molar-refractivity contribution in [2.75, 3.05) is 0 Å². The Kier molecular flexibility index (Phi) is 3.41. The third kappa shape index (κ3) is 1.60. The number of allylic oxidation sites excluding steroid dienone is 8. The van der Waals surface area contributed by atoms with Crippen molar-refractivity contribution in [2.24, 2.45) is 0 Å². The standard InChI is InChI=1S/C18H18N2Se2/c1-9-11(3)21-17(5)15(9)13(7-19)14(8-20)16-10(2)12(4)22-18(16,17)6/h1-6H3. The Labute approximate surface area is 145 Å². The molecule has 1 aliphatic carbocycles. The molecule has 0 N–H and O–H groups in total. The normalized spacial score (nSPS) is 34.0. The zero-order chi connectivity index (χ0) is 16.4. The van der Waals surface area contributed by atoms with Gasteiger partial charge in [-0.15, -0.1) is 0 Å². The number of rotatable bonds is 0. The molecule has 2 unspecified atom stereocenters. The summed E-state index contributed by atoms with van der Waals surface area (Å²) in [5.74, 6) is 0. The van der Waals surface area contributed by atoms with Crippen molar-refractivity contribution in [3.05, 3.63) is 42.4 Å². The first kappa shape index (κ1) is 15.9. The van der Waals surface area contributed by atoms with Crippen LogP contribution in [0.5, 0.6) is 0 Å². The predicted octanol–water partition coefficient (Wildman–Crippen LogP) is 4.02. The topological polar surface area (TPSA) is 47.6 Å². The Morgan fingerprint density at radius 2 is 1.05 bits per heavy atom. The Balaban J connectivity index is 2.47. The van der Waals surface area contributed by atoms with E-state index in [-0.39, 0.29) is 8.63 Å². The van der Waals surface area contributed by atoms with Gasteiger partial charge >= 0.3 is 145 Å². The molecule has 0 fully saturated rings. The molecule has 0 aromatic rings.